The van der Waals surface area contributed by atoms with Crippen molar-refractivity contribution >= 4 is 16.7 Å². The molecule has 0 bridgehead atoms. The lowest BCUT2D eigenvalue weighted by atomic mass is 10.0. The van der Waals surface area contributed by atoms with Gasteiger partial charge < -0.3 is 10.4 Å². The molecule has 11 heteroatoms. The minimum Gasteiger partial charge on any atom is -0.390 e. The van der Waals surface area contributed by atoms with E-state index in [9.17, 15) is 9.50 Å². The Morgan fingerprint density at radius 3 is 2.83 bits per heavy atom. The Labute approximate surface area is 201 Å². The predicted molar refractivity (Wildman–Crippen MR) is 127 cm³/mol. The molecule has 4 aromatic heterocycles. The van der Waals surface area contributed by atoms with Crippen molar-refractivity contribution in [1.82, 2.24) is 34.7 Å². The third-order valence-electron chi connectivity index (χ3n) is 6.18. The average Bonchev–Trinajstić information content (AvgIpc) is 3.57. The topological polar surface area (TPSA) is 130 Å². The molecule has 2 atom stereocenters. The van der Waals surface area contributed by atoms with Crippen LogP contribution in [0.15, 0.2) is 36.9 Å². The van der Waals surface area contributed by atoms with Crippen LogP contribution in [0.3, 0.4) is 0 Å². The number of aryl methyl sites for hydroxylation is 1. The molecule has 0 aliphatic heterocycles. The van der Waals surface area contributed by atoms with E-state index in [-0.39, 0.29) is 6.04 Å². The molecule has 1 saturated carbocycles. The van der Waals surface area contributed by atoms with Crippen LogP contribution in [0.1, 0.15) is 50.8 Å². The summed E-state index contributed by atoms with van der Waals surface area (Å²) in [4.78, 5) is 8.94. The van der Waals surface area contributed by atoms with Crippen LogP contribution < -0.4 is 5.32 Å². The van der Waals surface area contributed by atoms with Gasteiger partial charge in [-0.3, -0.25) is 0 Å². The number of halogens is 1. The first kappa shape index (κ1) is 22.9. The van der Waals surface area contributed by atoms with E-state index < -0.39 is 11.8 Å². The first-order valence-electron chi connectivity index (χ1n) is 11.6. The van der Waals surface area contributed by atoms with Crippen LogP contribution in [-0.2, 0) is 6.42 Å². The van der Waals surface area contributed by atoms with Gasteiger partial charge in [0.05, 0.1) is 47.2 Å². The minimum absolute atomic E-state index is 0.312. The van der Waals surface area contributed by atoms with Gasteiger partial charge in [0, 0.05) is 17.6 Å². The fourth-order valence-corrected chi connectivity index (χ4v) is 4.24. The lowest BCUT2D eigenvalue weighted by molar-refractivity contribution is 0.0711. The molecule has 5 rings (SSSR count). The molecule has 4 heterocycles. The molecule has 0 saturated heterocycles. The van der Waals surface area contributed by atoms with Gasteiger partial charge >= 0.3 is 0 Å². The standard InChI is InChI=1S/C24H26FN9O/c1-24(2,35)7-6-17-14-33(32-31-17)21-13-27-22(9-20(21)30-19-5-3-4-18(19)25)34-23-16(12-29-34)8-15(10-26)11-28-23/h8-9,11-14,18-19,35H,3-7H2,1-2H3,(H,27,30). The van der Waals surface area contributed by atoms with E-state index in [1.54, 1.807) is 53.9 Å². The molecule has 0 aromatic carbocycles. The lowest BCUT2D eigenvalue weighted by Crippen LogP contribution is -2.26. The van der Waals surface area contributed by atoms with E-state index in [1.807, 2.05) is 0 Å². The Hall–Kier alpha value is -3.91. The first-order chi connectivity index (χ1) is 16.8. The zero-order valence-corrected chi connectivity index (χ0v) is 19.6. The summed E-state index contributed by atoms with van der Waals surface area (Å²) in [7, 11) is 0. The van der Waals surface area contributed by atoms with Gasteiger partial charge in [-0.25, -0.2) is 19.0 Å². The molecule has 1 aliphatic rings. The van der Waals surface area contributed by atoms with E-state index in [4.69, 9.17) is 5.26 Å². The molecular formula is C24H26FN9O. The van der Waals surface area contributed by atoms with Crippen molar-refractivity contribution < 1.29 is 9.50 Å². The zero-order valence-electron chi connectivity index (χ0n) is 19.6. The van der Waals surface area contributed by atoms with Crippen LogP contribution in [0.2, 0.25) is 0 Å². The molecule has 1 aliphatic carbocycles. The summed E-state index contributed by atoms with van der Waals surface area (Å²) in [5.41, 5.74) is 2.24. The summed E-state index contributed by atoms with van der Waals surface area (Å²) in [6, 6.07) is 5.28. The number of rotatable bonds is 7. The minimum atomic E-state index is -0.936. The number of pyridine rings is 2. The van der Waals surface area contributed by atoms with Crippen molar-refractivity contribution in [3.63, 3.8) is 0 Å². The number of nitriles is 1. The molecule has 0 amide bonds. The third-order valence-corrected chi connectivity index (χ3v) is 6.18. The molecule has 2 N–H and O–H groups in total. The Bertz CT molecular complexity index is 1400. The summed E-state index contributed by atoms with van der Waals surface area (Å²) < 4.78 is 17.7. The molecule has 0 spiro atoms. The van der Waals surface area contributed by atoms with Gasteiger partial charge in [-0.2, -0.15) is 15.0 Å². The second-order valence-corrected chi connectivity index (χ2v) is 9.53. The number of hydrogen-bond acceptors (Lipinski definition) is 8. The van der Waals surface area contributed by atoms with Gasteiger partial charge in [0.1, 0.15) is 17.9 Å². The van der Waals surface area contributed by atoms with Crippen LogP contribution in [0, 0.1) is 11.3 Å². The summed E-state index contributed by atoms with van der Waals surface area (Å²) >= 11 is 0. The van der Waals surface area contributed by atoms with Crippen molar-refractivity contribution in [2.75, 3.05) is 5.32 Å². The van der Waals surface area contributed by atoms with Crippen LogP contribution in [-0.4, -0.2) is 57.7 Å². The molecule has 4 aromatic rings. The number of alkyl halides is 1. The Balaban J connectivity index is 1.52. The van der Waals surface area contributed by atoms with Gasteiger partial charge in [0.15, 0.2) is 11.5 Å². The SMILES string of the molecule is CC(C)(O)CCc1cn(-c2cnc(-n3ncc4cc(C#N)cnc43)cc2NC2CCCC2F)nn1. The van der Waals surface area contributed by atoms with Gasteiger partial charge in [-0.15, -0.1) is 5.10 Å². The Morgan fingerprint density at radius 1 is 1.23 bits per heavy atom. The van der Waals surface area contributed by atoms with Crippen LogP contribution in [0.25, 0.3) is 22.5 Å². The summed E-state index contributed by atoms with van der Waals surface area (Å²) in [5.74, 6) is 0.499. The summed E-state index contributed by atoms with van der Waals surface area (Å²) in [6.45, 7) is 3.51. The van der Waals surface area contributed by atoms with E-state index in [0.717, 1.165) is 23.9 Å². The normalized spacial score (nSPS) is 18.1. The summed E-state index contributed by atoms with van der Waals surface area (Å²) in [6.07, 6.45) is 8.83. The Morgan fingerprint density at radius 2 is 2.09 bits per heavy atom. The lowest BCUT2D eigenvalue weighted by Gasteiger charge is -2.19. The highest BCUT2D eigenvalue weighted by atomic mass is 19.1. The zero-order chi connectivity index (χ0) is 24.6. The second kappa shape index (κ2) is 9.03. The highest BCUT2D eigenvalue weighted by Gasteiger charge is 2.28. The first-order valence-corrected chi connectivity index (χ1v) is 11.6. The van der Waals surface area contributed by atoms with E-state index in [0.29, 0.717) is 47.7 Å². The fourth-order valence-electron chi connectivity index (χ4n) is 4.24. The maximum atomic E-state index is 14.5. The molecular weight excluding hydrogens is 449 g/mol. The number of nitrogens with one attached hydrogen (secondary N) is 1. The smallest absolute Gasteiger partial charge is 0.164 e. The number of aliphatic hydroxyl groups is 1. The van der Waals surface area contributed by atoms with E-state index in [2.05, 4.69) is 36.8 Å². The van der Waals surface area contributed by atoms with Crippen molar-refractivity contribution in [3.8, 4) is 17.6 Å². The fraction of sp³-hybridized carbons (Fsp3) is 0.417. The largest absolute Gasteiger partial charge is 0.390 e. The highest BCUT2D eigenvalue weighted by molar-refractivity contribution is 5.77. The quantitative estimate of drug-likeness (QED) is 0.416. The van der Waals surface area contributed by atoms with Crippen molar-refractivity contribution in [1.29, 1.82) is 5.26 Å². The number of nitrogens with zero attached hydrogens (tertiary/aromatic N) is 8. The van der Waals surface area contributed by atoms with Crippen LogP contribution in [0.5, 0.6) is 0 Å². The third kappa shape index (κ3) is 4.83. The van der Waals surface area contributed by atoms with Gasteiger partial charge in [-0.1, -0.05) is 5.21 Å². The number of fused-ring (bicyclic) bond motifs is 1. The molecule has 35 heavy (non-hydrogen) atoms. The van der Waals surface area contributed by atoms with Gasteiger partial charge in [0.2, 0.25) is 0 Å². The predicted octanol–water partition coefficient (Wildman–Crippen LogP) is 3.27. The van der Waals surface area contributed by atoms with Gasteiger partial charge in [0.25, 0.3) is 0 Å². The number of anilines is 1. The van der Waals surface area contributed by atoms with Gasteiger partial charge in [-0.05, 0) is 52.0 Å². The van der Waals surface area contributed by atoms with Crippen molar-refractivity contribution in [2.24, 2.45) is 0 Å². The number of aromatic nitrogens is 7. The molecule has 180 valence electrons. The van der Waals surface area contributed by atoms with E-state index in [1.165, 1.54) is 6.20 Å². The Kier molecular flexibility index (Phi) is 5.90. The van der Waals surface area contributed by atoms with Crippen molar-refractivity contribution in [3.05, 3.63) is 48.2 Å². The monoisotopic (exact) mass is 475 g/mol. The molecule has 0 radical (unpaired) electrons. The highest BCUT2D eigenvalue weighted by Crippen LogP contribution is 2.30. The number of hydrogen-bond donors (Lipinski definition) is 2. The molecule has 1 fully saturated rings. The van der Waals surface area contributed by atoms with E-state index >= 15 is 0 Å². The maximum absolute atomic E-state index is 14.5. The van der Waals surface area contributed by atoms with Crippen LogP contribution in [0.4, 0.5) is 10.1 Å². The van der Waals surface area contributed by atoms with Crippen molar-refractivity contribution in [2.45, 2.75) is 63.8 Å². The second-order valence-electron chi connectivity index (χ2n) is 9.53. The summed E-state index contributed by atoms with van der Waals surface area (Å²) in [5, 5.41) is 36.1. The maximum Gasteiger partial charge on any atom is 0.164 e. The van der Waals surface area contributed by atoms with Crippen LogP contribution >= 0.6 is 0 Å². The average molecular weight is 476 g/mol. The molecule has 10 nitrogen and oxygen atoms in total. The molecule has 2 unspecified atom stereocenters.